The highest BCUT2D eigenvalue weighted by molar-refractivity contribution is 5.75. The van der Waals surface area contributed by atoms with Crippen molar-refractivity contribution in [1.29, 1.82) is 0 Å². The molecule has 2 N–H and O–H groups in total. The van der Waals surface area contributed by atoms with Gasteiger partial charge in [-0.2, -0.15) is 0 Å². The molecule has 1 aliphatic carbocycles. The van der Waals surface area contributed by atoms with Crippen LogP contribution >= 0.6 is 0 Å². The van der Waals surface area contributed by atoms with Crippen molar-refractivity contribution in [3.8, 4) is 12.3 Å². The van der Waals surface area contributed by atoms with Crippen LogP contribution in [-0.4, -0.2) is 23.7 Å². The van der Waals surface area contributed by atoms with E-state index in [1.54, 1.807) is 0 Å². The second-order valence-corrected chi connectivity index (χ2v) is 4.89. The summed E-state index contributed by atoms with van der Waals surface area (Å²) in [7, 11) is 0. The Morgan fingerprint density at radius 2 is 2.00 bits per heavy atom. The van der Waals surface area contributed by atoms with Crippen molar-refractivity contribution in [2.45, 2.75) is 57.5 Å². The summed E-state index contributed by atoms with van der Waals surface area (Å²) >= 11 is 0. The van der Waals surface area contributed by atoms with Gasteiger partial charge in [0.05, 0.1) is 6.10 Å². The molecule has 0 radical (unpaired) electrons. The molecular formula is C14H23NO2. The molecule has 1 saturated carbocycles. The second kappa shape index (κ2) is 8.14. The number of carbonyl (C=O) groups excluding carboxylic acids is 1. The summed E-state index contributed by atoms with van der Waals surface area (Å²) in [6.45, 7) is 0.765. The van der Waals surface area contributed by atoms with Crippen molar-refractivity contribution < 1.29 is 9.90 Å². The fraction of sp³-hybridized carbons (Fsp3) is 0.786. The zero-order chi connectivity index (χ0) is 12.5. The standard InChI is InChI=1S/C14H23NO2/c1-2-3-4-5-6-14(17)15-11-12-7-9-13(16)10-8-12/h1,12-13,16H,3-11H2,(H,15,17). The van der Waals surface area contributed by atoms with Gasteiger partial charge in [-0.3, -0.25) is 4.79 Å². The minimum atomic E-state index is -0.120. The molecule has 1 rings (SSSR count). The summed E-state index contributed by atoms with van der Waals surface area (Å²) in [5.41, 5.74) is 0. The number of carbonyl (C=O) groups is 1. The fourth-order valence-electron chi connectivity index (χ4n) is 2.21. The molecule has 1 aliphatic rings. The summed E-state index contributed by atoms with van der Waals surface area (Å²) in [6.07, 6.45) is 12.0. The SMILES string of the molecule is C#CCCCCC(=O)NCC1CCC(O)CC1. The van der Waals surface area contributed by atoms with Gasteiger partial charge in [0.2, 0.25) is 5.91 Å². The average Bonchev–Trinajstić information content (AvgIpc) is 2.34. The molecule has 0 aliphatic heterocycles. The van der Waals surface area contributed by atoms with Gasteiger partial charge in [0.15, 0.2) is 0 Å². The fourth-order valence-corrected chi connectivity index (χ4v) is 2.21. The molecule has 0 unspecified atom stereocenters. The second-order valence-electron chi connectivity index (χ2n) is 4.89. The Balaban J connectivity index is 2.02. The van der Waals surface area contributed by atoms with Crippen LogP contribution in [0.25, 0.3) is 0 Å². The third kappa shape index (κ3) is 6.33. The van der Waals surface area contributed by atoms with E-state index in [4.69, 9.17) is 6.42 Å². The Kier molecular flexibility index (Phi) is 6.73. The van der Waals surface area contributed by atoms with E-state index >= 15 is 0 Å². The third-order valence-corrected chi connectivity index (χ3v) is 3.38. The molecule has 3 heteroatoms. The van der Waals surface area contributed by atoms with Crippen LogP contribution in [0.4, 0.5) is 0 Å². The maximum Gasteiger partial charge on any atom is 0.220 e. The number of hydrogen-bond donors (Lipinski definition) is 2. The van der Waals surface area contributed by atoms with Crippen molar-refractivity contribution in [2.75, 3.05) is 6.54 Å². The lowest BCUT2D eigenvalue weighted by Gasteiger charge is -2.25. The van der Waals surface area contributed by atoms with Crippen molar-refractivity contribution in [3.05, 3.63) is 0 Å². The lowest BCUT2D eigenvalue weighted by atomic mass is 9.87. The number of terminal acetylenes is 1. The highest BCUT2D eigenvalue weighted by Crippen LogP contribution is 2.23. The van der Waals surface area contributed by atoms with Crippen LogP contribution in [0.1, 0.15) is 51.4 Å². The summed E-state index contributed by atoms with van der Waals surface area (Å²) in [4.78, 5) is 11.5. The topological polar surface area (TPSA) is 49.3 Å². The van der Waals surface area contributed by atoms with Gasteiger partial charge in [0, 0.05) is 19.4 Å². The Hall–Kier alpha value is -1.01. The third-order valence-electron chi connectivity index (χ3n) is 3.38. The van der Waals surface area contributed by atoms with Crippen LogP contribution in [0.15, 0.2) is 0 Å². The van der Waals surface area contributed by atoms with Crippen LogP contribution in [0.5, 0.6) is 0 Å². The highest BCUT2D eigenvalue weighted by Gasteiger charge is 2.19. The predicted octanol–water partition coefficient (Wildman–Crippen LogP) is 1.85. The van der Waals surface area contributed by atoms with Crippen LogP contribution in [0.3, 0.4) is 0 Å². The molecule has 0 aromatic heterocycles. The molecular weight excluding hydrogens is 214 g/mol. The normalized spacial score (nSPS) is 24.0. The largest absolute Gasteiger partial charge is 0.393 e. The first-order valence-corrected chi connectivity index (χ1v) is 6.60. The van der Waals surface area contributed by atoms with E-state index < -0.39 is 0 Å². The molecule has 0 heterocycles. The molecule has 96 valence electrons. The molecule has 17 heavy (non-hydrogen) atoms. The monoisotopic (exact) mass is 237 g/mol. The molecule has 3 nitrogen and oxygen atoms in total. The van der Waals surface area contributed by atoms with Gasteiger partial charge in [0.1, 0.15) is 0 Å². The van der Waals surface area contributed by atoms with Gasteiger partial charge in [-0.15, -0.1) is 12.3 Å². The van der Waals surface area contributed by atoms with Gasteiger partial charge in [-0.25, -0.2) is 0 Å². The Morgan fingerprint density at radius 1 is 1.29 bits per heavy atom. The molecule has 0 aromatic carbocycles. The molecule has 0 saturated heterocycles. The van der Waals surface area contributed by atoms with E-state index in [-0.39, 0.29) is 12.0 Å². The maximum absolute atomic E-state index is 11.5. The van der Waals surface area contributed by atoms with Gasteiger partial charge in [-0.05, 0) is 44.4 Å². The molecule has 0 spiro atoms. The van der Waals surface area contributed by atoms with E-state index in [2.05, 4.69) is 11.2 Å². The van der Waals surface area contributed by atoms with Crippen LogP contribution in [-0.2, 0) is 4.79 Å². The first kappa shape index (κ1) is 14.1. The number of hydrogen-bond acceptors (Lipinski definition) is 2. The van der Waals surface area contributed by atoms with Crippen molar-refractivity contribution >= 4 is 5.91 Å². The lowest BCUT2D eigenvalue weighted by Crippen LogP contribution is -2.31. The van der Waals surface area contributed by atoms with Gasteiger partial charge in [0.25, 0.3) is 0 Å². The van der Waals surface area contributed by atoms with Crippen LogP contribution < -0.4 is 5.32 Å². The van der Waals surface area contributed by atoms with Gasteiger partial charge in [-0.1, -0.05) is 0 Å². The van der Waals surface area contributed by atoms with E-state index in [1.165, 1.54) is 0 Å². The summed E-state index contributed by atoms with van der Waals surface area (Å²) in [5, 5.41) is 12.3. The lowest BCUT2D eigenvalue weighted by molar-refractivity contribution is -0.121. The number of nitrogens with one attached hydrogen (secondary N) is 1. The van der Waals surface area contributed by atoms with Crippen LogP contribution in [0, 0.1) is 18.3 Å². The first-order valence-electron chi connectivity index (χ1n) is 6.60. The Bertz CT molecular complexity index is 262. The smallest absolute Gasteiger partial charge is 0.220 e. The van der Waals surface area contributed by atoms with E-state index in [9.17, 15) is 9.90 Å². The van der Waals surface area contributed by atoms with Crippen molar-refractivity contribution in [1.82, 2.24) is 5.32 Å². The predicted molar refractivity (Wildman–Crippen MR) is 68.3 cm³/mol. The molecule has 0 bridgehead atoms. The minimum Gasteiger partial charge on any atom is -0.393 e. The minimum absolute atomic E-state index is 0.120. The number of aliphatic hydroxyl groups is 1. The van der Waals surface area contributed by atoms with Crippen LogP contribution in [0.2, 0.25) is 0 Å². The number of rotatable bonds is 6. The first-order chi connectivity index (χ1) is 8.22. The van der Waals surface area contributed by atoms with Gasteiger partial charge < -0.3 is 10.4 Å². The Morgan fingerprint density at radius 3 is 2.65 bits per heavy atom. The summed E-state index contributed by atoms with van der Waals surface area (Å²) < 4.78 is 0. The zero-order valence-electron chi connectivity index (χ0n) is 10.5. The number of amides is 1. The quantitative estimate of drug-likeness (QED) is 0.547. The molecule has 0 atom stereocenters. The summed E-state index contributed by atoms with van der Waals surface area (Å²) in [5.74, 6) is 3.26. The van der Waals surface area contributed by atoms with Crippen molar-refractivity contribution in [3.63, 3.8) is 0 Å². The molecule has 1 fully saturated rings. The number of aliphatic hydroxyl groups excluding tert-OH is 1. The van der Waals surface area contributed by atoms with E-state index in [0.29, 0.717) is 12.3 Å². The molecule has 1 amide bonds. The van der Waals surface area contributed by atoms with E-state index in [1.807, 2.05) is 0 Å². The zero-order valence-corrected chi connectivity index (χ0v) is 10.5. The maximum atomic E-state index is 11.5. The van der Waals surface area contributed by atoms with E-state index in [0.717, 1.165) is 51.5 Å². The van der Waals surface area contributed by atoms with Crippen molar-refractivity contribution in [2.24, 2.45) is 5.92 Å². The number of unbranched alkanes of at least 4 members (excludes halogenated alkanes) is 2. The summed E-state index contributed by atoms with van der Waals surface area (Å²) in [6, 6.07) is 0. The Labute approximate surface area is 104 Å². The molecule has 0 aromatic rings. The van der Waals surface area contributed by atoms with Gasteiger partial charge >= 0.3 is 0 Å². The highest BCUT2D eigenvalue weighted by atomic mass is 16.3. The average molecular weight is 237 g/mol.